The lowest BCUT2D eigenvalue weighted by molar-refractivity contribution is -0.116. The Morgan fingerprint density at radius 1 is 1.20 bits per heavy atom. The number of carbonyl (C=O) groups is 1. The number of nitrogens with zero attached hydrogens (tertiary/aromatic N) is 2. The van der Waals surface area contributed by atoms with Gasteiger partial charge >= 0.3 is 0 Å². The van der Waals surface area contributed by atoms with Crippen molar-refractivity contribution in [3.63, 3.8) is 0 Å². The summed E-state index contributed by atoms with van der Waals surface area (Å²) < 4.78 is 27.5. The van der Waals surface area contributed by atoms with Gasteiger partial charge in [-0.3, -0.25) is 4.79 Å². The van der Waals surface area contributed by atoms with E-state index in [4.69, 9.17) is 0 Å². The molecule has 1 saturated heterocycles. The molecule has 1 atom stereocenters. The molecule has 1 aliphatic rings. The van der Waals surface area contributed by atoms with Gasteiger partial charge in [0.25, 0.3) is 0 Å². The second kappa shape index (κ2) is 10.5. The zero-order valence-electron chi connectivity index (χ0n) is 17.8. The summed E-state index contributed by atoms with van der Waals surface area (Å²) in [5.74, 6) is -0.0101. The number of amides is 1. The molecule has 1 aromatic heterocycles. The van der Waals surface area contributed by atoms with Crippen molar-refractivity contribution in [2.24, 2.45) is 0 Å². The van der Waals surface area contributed by atoms with E-state index in [1.165, 1.54) is 11.3 Å². The van der Waals surface area contributed by atoms with E-state index in [0.717, 1.165) is 56.2 Å². The summed E-state index contributed by atoms with van der Waals surface area (Å²) in [6.45, 7) is 4.70. The highest BCUT2D eigenvalue weighted by atomic mass is 32.2. The van der Waals surface area contributed by atoms with Crippen LogP contribution in [0.25, 0.3) is 11.3 Å². The molecule has 1 aromatic carbocycles. The lowest BCUT2D eigenvalue weighted by Gasteiger charge is -2.32. The number of benzene rings is 1. The van der Waals surface area contributed by atoms with Gasteiger partial charge in [0.05, 0.1) is 10.6 Å². The van der Waals surface area contributed by atoms with E-state index in [0.29, 0.717) is 23.0 Å². The number of hydrogen-bond acceptors (Lipinski definition) is 5. The Balaban J connectivity index is 1.63. The number of anilines is 1. The first-order valence-corrected chi connectivity index (χ1v) is 13.1. The summed E-state index contributed by atoms with van der Waals surface area (Å²) in [6, 6.07) is 6.91. The Hall–Kier alpha value is -1.77. The third-order valence-electron chi connectivity index (χ3n) is 5.51. The van der Waals surface area contributed by atoms with Gasteiger partial charge in [0.1, 0.15) is 0 Å². The monoisotopic (exact) mass is 449 g/mol. The Labute approximate surface area is 183 Å². The summed E-state index contributed by atoms with van der Waals surface area (Å²) in [4.78, 5) is 16.8. The third-order valence-corrected chi connectivity index (χ3v) is 8.29. The molecule has 30 heavy (non-hydrogen) atoms. The van der Waals surface area contributed by atoms with Crippen molar-refractivity contribution in [2.75, 3.05) is 11.9 Å². The van der Waals surface area contributed by atoms with Crippen LogP contribution in [-0.2, 0) is 14.8 Å². The molecule has 1 amide bonds. The molecule has 0 bridgehead atoms. The smallest absolute Gasteiger partial charge is 0.243 e. The lowest BCUT2D eigenvalue weighted by atomic mass is 10.1. The summed E-state index contributed by atoms with van der Waals surface area (Å²) in [5, 5.41) is 5.31. The molecule has 2 aromatic rings. The summed E-state index contributed by atoms with van der Waals surface area (Å²) in [5.41, 5.74) is 1.57. The Morgan fingerprint density at radius 2 is 1.97 bits per heavy atom. The SMILES string of the molecule is CCCCCCC(=O)Nc1nc(-c2ccc(S(=O)(=O)N3CCCCC3C)cc2)cs1. The molecule has 1 unspecified atom stereocenters. The second-order valence-corrected chi connectivity index (χ2v) is 10.6. The van der Waals surface area contributed by atoms with Crippen LogP contribution in [0.3, 0.4) is 0 Å². The average molecular weight is 450 g/mol. The molecule has 1 aliphatic heterocycles. The van der Waals surface area contributed by atoms with Crippen molar-refractivity contribution in [1.29, 1.82) is 0 Å². The number of carbonyl (C=O) groups excluding carboxylic acids is 1. The number of sulfonamides is 1. The van der Waals surface area contributed by atoms with E-state index < -0.39 is 10.0 Å². The molecule has 0 radical (unpaired) electrons. The highest BCUT2D eigenvalue weighted by molar-refractivity contribution is 7.89. The van der Waals surface area contributed by atoms with Gasteiger partial charge in [-0.1, -0.05) is 44.7 Å². The molecule has 164 valence electrons. The van der Waals surface area contributed by atoms with Gasteiger partial charge in [-0.2, -0.15) is 4.31 Å². The van der Waals surface area contributed by atoms with E-state index in [2.05, 4.69) is 17.2 Å². The summed E-state index contributed by atoms with van der Waals surface area (Å²) in [7, 11) is -3.48. The molecular formula is C22H31N3O3S2. The Morgan fingerprint density at radius 3 is 2.67 bits per heavy atom. The fourth-order valence-electron chi connectivity index (χ4n) is 3.72. The van der Waals surface area contributed by atoms with Crippen molar-refractivity contribution in [2.45, 2.75) is 76.2 Å². The predicted molar refractivity (Wildman–Crippen MR) is 122 cm³/mol. The molecular weight excluding hydrogens is 418 g/mol. The number of nitrogens with one attached hydrogen (secondary N) is 1. The van der Waals surface area contributed by atoms with Crippen LogP contribution in [-0.4, -0.2) is 36.2 Å². The number of thiazole rings is 1. The number of rotatable bonds is 9. The fourth-order valence-corrected chi connectivity index (χ4v) is 6.16. The van der Waals surface area contributed by atoms with Crippen molar-refractivity contribution in [3.05, 3.63) is 29.6 Å². The molecule has 3 rings (SSSR count). The zero-order valence-corrected chi connectivity index (χ0v) is 19.4. The summed E-state index contributed by atoms with van der Waals surface area (Å²) >= 11 is 1.38. The van der Waals surface area contributed by atoms with Crippen LogP contribution < -0.4 is 5.32 Å². The highest BCUT2D eigenvalue weighted by Crippen LogP contribution is 2.29. The topological polar surface area (TPSA) is 79.4 Å². The second-order valence-electron chi connectivity index (χ2n) is 7.88. The van der Waals surface area contributed by atoms with Crippen LogP contribution in [0.15, 0.2) is 34.5 Å². The van der Waals surface area contributed by atoms with Gasteiger partial charge in [0, 0.05) is 30.0 Å². The largest absolute Gasteiger partial charge is 0.302 e. The van der Waals surface area contributed by atoms with Gasteiger partial charge < -0.3 is 5.32 Å². The van der Waals surface area contributed by atoms with E-state index in [9.17, 15) is 13.2 Å². The van der Waals surface area contributed by atoms with Gasteiger partial charge in [0.2, 0.25) is 15.9 Å². The van der Waals surface area contributed by atoms with E-state index in [1.54, 1.807) is 28.6 Å². The molecule has 1 fully saturated rings. The Bertz CT molecular complexity index is 939. The van der Waals surface area contributed by atoms with Crippen LogP contribution in [0.1, 0.15) is 65.2 Å². The third kappa shape index (κ3) is 5.68. The molecule has 6 nitrogen and oxygen atoms in total. The standard InChI is InChI=1S/C22H31N3O3S2/c1-3-4-5-6-10-21(26)24-22-23-20(16-29-22)18-11-13-19(14-12-18)30(27,28)25-15-8-7-9-17(25)2/h11-14,16-17H,3-10,15H2,1-2H3,(H,23,24,26). The molecule has 2 heterocycles. The van der Waals surface area contributed by atoms with Crippen LogP contribution >= 0.6 is 11.3 Å². The van der Waals surface area contributed by atoms with Crippen LogP contribution in [0.2, 0.25) is 0 Å². The van der Waals surface area contributed by atoms with E-state index in [1.807, 2.05) is 12.3 Å². The molecule has 0 spiro atoms. The number of aromatic nitrogens is 1. The first-order valence-electron chi connectivity index (χ1n) is 10.8. The first kappa shape index (κ1) is 22.9. The quantitative estimate of drug-likeness (QED) is 0.528. The minimum Gasteiger partial charge on any atom is -0.302 e. The van der Waals surface area contributed by atoms with Crippen molar-refractivity contribution >= 4 is 32.4 Å². The van der Waals surface area contributed by atoms with Crippen molar-refractivity contribution in [1.82, 2.24) is 9.29 Å². The molecule has 0 aliphatic carbocycles. The maximum Gasteiger partial charge on any atom is 0.243 e. The number of hydrogen-bond donors (Lipinski definition) is 1. The van der Waals surface area contributed by atoms with Crippen molar-refractivity contribution in [3.8, 4) is 11.3 Å². The average Bonchev–Trinajstić information content (AvgIpc) is 3.20. The number of piperidine rings is 1. The van der Waals surface area contributed by atoms with E-state index >= 15 is 0 Å². The fraction of sp³-hybridized carbons (Fsp3) is 0.545. The predicted octanol–water partition coefficient (Wildman–Crippen LogP) is 5.28. The van der Waals surface area contributed by atoms with Gasteiger partial charge in [-0.05, 0) is 38.3 Å². The van der Waals surface area contributed by atoms with Gasteiger partial charge in [-0.15, -0.1) is 11.3 Å². The lowest BCUT2D eigenvalue weighted by Crippen LogP contribution is -2.41. The van der Waals surface area contributed by atoms with Crippen LogP contribution in [0, 0.1) is 0 Å². The Kier molecular flexibility index (Phi) is 8.02. The molecule has 0 saturated carbocycles. The summed E-state index contributed by atoms with van der Waals surface area (Å²) in [6.07, 6.45) is 7.66. The maximum absolute atomic E-state index is 13.0. The number of unbranched alkanes of at least 4 members (excludes halogenated alkanes) is 3. The highest BCUT2D eigenvalue weighted by Gasteiger charge is 2.30. The van der Waals surface area contributed by atoms with E-state index in [-0.39, 0.29) is 11.9 Å². The zero-order chi connectivity index (χ0) is 21.6. The van der Waals surface area contributed by atoms with Crippen LogP contribution in [0.4, 0.5) is 5.13 Å². The molecule has 8 heteroatoms. The van der Waals surface area contributed by atoms with Gasteiger partial charge in [-0.25, -0.2) is 13.4 Å². The minimum atomic E-state index is -3.48. The van der Waals surface area contributed by atoms with Gasteiger partial charge in [0.15, 0.2) is 5.13 Å². The molecule has 1 N–H and O–H groups in total. The van der Waals surface area contributed by atoms with Crippen molar-refractivity contribution < 1.29 is 13.2 Å². The maximum atomic E-state index is 13.0. The normalized spacial score (nSPS) is 17.7. The van der Waals surface area contributed by atoms with Crippen LogP contribution in [0.5, 0.6) is 0 Å². The first-order chi connectivity index (χ1) is 14.4. The minimum absolute atomic E-state index is 0.0101.